The molecule has 7 N–H and O–H groups in total. The van der Waals surface area contributed by atoms with Crippen LogP contribution in [0.2, 0.25) is 0 Å². The van der Waals surface area contributed by atoms with Gasteiger partial charge in [-0.1, -0.05) is 0 Å². The molecule has 0 radical (unpaired) electrons. The number of aliphatic hydroxyl groups is 5. The summed E-state index contributed by atoms with van der Waals surface area (Å²) in [7, 11) is 0. The van der Waals surface area contributed by atoms with E-state index in [9.17, 15) is 0 Å². The Labute approximate surface area is 68.5 Å². The minimum absolute atomic E-state index is 0.754. The topological polar surface area (TPSA) is 133 Å². The third-order valence-corrected chi connectivity index (χ3v) is 1.39. The molecule has 74 valence electrons. The first-order valence-electron chi connectivity index (χ1n) is 3.27. The summed E-state index contributed by atoms with van der Waals surface area (Å²) in [5, 5.41) is 51.7. The van der Waals surface area contributed by atoms with Gasteiger partial charge < -0.3 is 30.7 Å². The highest BCUT2D eigenvalue weighted by Gasteiger charge is 2.29. The van der Waals surface area contributed by atoms with E-state index >= 15 is 0 Å². The predicted molar refractivity (Wildman–Crippen MR) is 36.0 cm³/mol. The normalized spacial score (nSPS) is 21.5. The Kier molecular flexibility index (Phi) is 5.25. The van der Waals surface area contributed by atoms with E-state index in [0.29, 0.717) is 0 Å². The molecule has 0 spiro atoms. The summed E-state index contributed by atoms with van der Waals surface area (Å²) in [6.07, 6.45) is -6.86. The highest BCUT2D eigenvalue weighted by Crippen LogP contribution is 2.02. The maximum atomic E-state index is 8.92. The summed E-state index contributed by atoms with van der Waals surface area (Å²) >= 11 is 0. The van der Waals surface area contributed by atoms with Crippen molar-refractivity contribution in [1.82, 2.24) is 5.48 Å². The van der Waals surface area contributed by atoms with E-state index in [4.69, 9.17) is 30.7 Å². The van der Waals surface area contributed by atoms with Crippen LogP contribution in [0.25, 0.3) is 0 Å². The minimum atomic E-state index is -1.78. The largest absolute Gasteiger partial charge is 0.394 e. The molecule has 0 saturated carbocycles. The zero-order valence-corrected chi connectivity index (χ0v) is 6.20. The zero-order valence-electron chi connectivity index (χ0n) is 6.20. The van der Waals surface area contributed by atoms with Gasteiger partial charge in [0.25, 0.3) is 0 Å². The molecular formula is C5H13NO6. The van der Waals surface area contributed by atoms with Crippen LogP contribution in [0.5, 0.6) is 0 Å². The van der Waals surface area contributed by atoms with Crippen molar-refractivity contribution >= 4 is 0 Å². The Morgan fingerprint density at radius 2 is 1.50 bits per heavy atom. The van der Waals surface area contributed by atoms with Gasteiger partial charge in [-0.3, -0.25) is 0 Å². The van der Waals surface area contributed by atoms with Gasteiger partial charge in [0.2, 0.25) is 0 Å². The third-order valence-electron chi connectivity index (χ3n) is 1.39. The van der Waals surface area contributed by atoms with Crippen LogP contribution in [0.1, 0.15) is 0 Å². The van der Waals surface area contributed by atoms with Crippen LogP contribution in [0.15, 0.2) is 0 Å². The molecule has 7 nitrogen and oxygen atoms in total. The fourth-order valence-corrected chi connectivity index (χ4v) is 0.599. The summed E-state index contributed by atoms with van der Waals surface area (Å²) in [5.74, 6) is 0. The molecule has 2 unspecified atom stereocenters. The highest BCUT2D eigenvalue weighted by atomic mass is 16.5. The summed E-state index contributed by atoms with van der Waals surface area (Å²) in [6.45, 7) is -0.754. The monoisotopic (exact) mass is 183 g/mol. The highest BCUT2D eigenvalue weighted by molar-refractivity contribution is 4.77. The van der Waals surface area contributed by atoms with E-state index in [-0.39, 0.29) is 0 Å². The maximum absolute atomic E-state index is 8.92. The number of hydrogen-bond acceptors (Lipinski definition) is 7. The molecule has 0 bridgehead atoms. The van der Waals surface area contributed by atoms with Crippen molar-refractivity contribution in [2.75, 3.05) is 6.61 Å². The van der Waals surface area contributed by atoms with Gasteiger partial charge >= 0.3 is 0 Å². The average molecular weight is 183 g/mol. The molecular weight excluding hydrogens is 170 g/mol. The van der Waals surface area contributed by atoms with Crippen LogP contribution < -0.4 is 5.48 Å². The van der Waals surface area contributed by atoms with Crippen molar-refractivity contribution in [2.24, 2.45) is 0 Å². The van der Waals surface area contributed by atoms with Crippen LogP contribution in [-0.2, 0) is 0 Å². The fraction of sp³-hybridized carbons (Fsp3) is 1.00. The Hall–Kier alpha value is -0.280. The first-order valence-corrected chi connectivity index (χ1v) is 3.27. The smallest absolute Gasteiger partial charge is 0.155 e. The maximum Gasteiger partial charge on any atom is 0.155 e. The van der Waals surface area contributed by atoms with E-state index in [1.54, 1.807) is 0 Å². The van der Waals surface area contributed by atoms with Gasteiger partial charge in [-0.25, -0.2) is 0 Å². The first-order chi connectivity index (χ1) is 5.54. The van der Waals surface area contributed by atoms with E-state index in [2.05, 4.69) is 0 Å². The standard InChI is InChI=1S/C5H13NO6/c7-1-2(8)3(9)4(10)5(11)6-12/h2-12H,1H2/t2-,3?,4-,5?/m0/s1. The molecule has 0 aliphatic carbocycles. The summed E-state index contributed by atoms with van der Waals surface area (Å²) in [4.78, 5) is 0. The van der Waals surface area contributed by atoms with E-state index < -0.39 is 31.1 Å². The number of rotatable bonds is 5. The van der Waals surface area contributed by atoms with Crippen molar-refractivity contribution in [1.29, 1.82) is 0 Å². The third kappa shape index (κ3) is 2.99. The molecule has 12 heavy (non-hydrogen) atoms. The number of aliphatic hydroxyl groups excluding tert-OH is 5. The quantitative estimate of drug-likeness (QED) is 0.173. The lowest BCUT2D eigenvalue weighted by atomic mass is 10.1. The second-order valence-electron chi connectivity index (χ2n) is 2.31. The SMILES string of the molecule is OC[C@H](O)C(O)[C@H](O)C(O)NO. The van der Waals surface area contributed by atoms with Gasteiger partial charge in [-0.2, -0.15) is 5.48 Å². The Balaban J connectivity index is 3.99. The van der Waals surface area contributed by atoms with Crippen LogP contribution in [0.3, 0.4) is 0 Å². The Morgan fingerprint density at radius 1 is 1.00 bits per heavy atom. The van der Waals surface area contributed by atoms with Gasteiger partial charge in [0.05, 0.1) is 6.61 Å². The molecule has 0 rings (SSSR count). The lowest BCUT2D eigenvalue weighted by Crippen LogP contribution is -2.50. The van der Waals surface area contributed by atoms with Gasteiger partial charge in [0.1, 0.15) is 18.3 Å². The van der Waals surface area contributed by atoms with Crippen LogP contribution in [0.4, 0.5) is 0 Å². The van der Waals surface area contributed by atoms with Crippen LogP contribution in [0, 0.1) is 0 Å². The zero-order chi connectivity index (χ0) is 9.72. The molecule has 0 heterocycles. The number of hydrogen-bond donors (Lipinski definition) is 7. The number of nitrogens with one attached hydrogen (secondary N) is 1. The van der Waals surface area contributed by atoms with Gasteiger partial charge in [-0.05, 0) is 0 Å². The Morgan fingerprint density at radius 3 is 1.83 bits per heavy atom. The molecule has 4 atom stereocenters. The Bertz CT molecular complexity index is 109. The van der Waals surface area contributed by atoms with Crippen LogP contribution in [-0.4, -0.2) is 61.9 Å². The minimum Gasteiger partial charge on any atom is -0.394 e. The van der Waals surface area contributed by atoms with Crippen molar-refractivity contribution in [2.45, 2.75) is 24.5 Å². The van der Waals surface area contributed by atoms with Crippen molar-refractivity contribution in [3.8, 4) is 0 Å². The molecule has 7 heteroatoms. The molecule has 0 aliphatic rings. The number of hydroxylamine groups is 1. The first kappa shape index (κ1) is 11.7. The lowest BCUT2D eigenvalue weighted by molar-refractivity contribution is -0.147. The van der Waals surface area contributed by atoms with Gasteiger partial charge in [0, 0.05) is 0 Å². The molecule has 0 amide bonds. The summed E-state index contributed by atoms with van der Waals surface area (Å²) in [5.41, 5.74) is 1.28. The predicted octanol–water partition coefficient (Wildman–Crippen LogP) is -3.64. The molecule has 0 saturated heterocycles. The van der Waals surface area contributed by atoms with E-state index in [0.717, 1.165) is 0 Å². The van der Waals surface area contributed by atoms with Gasteiger partial charge in [0.15, 0.2) is 6.23 Å². The average Bonchev–Trinajstić information content (AvgIpc) is 2.12. The second-order valence-corrected chi connectivity index (χ2v) is 2.31. The molecule has 0 aromatic rings. The summed E-state index contributed by atoms with van der Waals surface area (Å²) < 4.78 is 0. The molecule has 0 aliphatic heterocycles. The summed E-state index contributed by atoms with van der Waals surface area (Å²) in [6, 6.07) is 0. The fourth-order valence-electron chi connectivity index (χ4n) is 0.599. The van der Waals surface area contributed by atoms with Crippen molar-refractivity contribution in [3.05, 3.63) is 0 Å². The lowest BCUT2D eigenvalue weighted by Gasteiger charge is -2.24. The molecule has 0 aromatic carbocycles. The molecule has 0 aromatic heterocycles. The van der Waals surface area contributed by atoms with Crippen molar-refractivity contribution < 1.29 is 30.7 Å². The van der Waals surface area contributed by atoms with Crippen molar-refractivity contribution in [3.63, 3.8) is 0 Å². The van der Waals surface area contributed by atoms with E-state index in [1.807, 2.05) is 0 Å². The van der Waals surface area contributed by atoms with Crippen LogP contribution >= 0.6 is 0 Å². The van der Waals surface area contributed by atoms with Gasteiger partial charge in [-0.15, -0.1) is 0 Å². The molecule has 0 fully saturated rings. The second kappa shape index (κ2) is 5.38. The van der Waals surface area contributed by atoms with E-state index in [1.165, 1.54) is 5.48 Å².